The first-order chi connectivity index (χ1) is 5.29. The lowest BCUT2D eigenvalue weighted by Gasteiger charge is -2.21. The fraction of sp³-hybridized carbons (Fsp3) is 0.875. The van der Waals surface area contributed by atoms with Gasteiger partial charge in [-0.15, -0.1) is 0 Å². The van der Waals surface area contributed by atoms with Gasteiger partial charge in [-0.05, 0) is 19.4 Å². The summed E-state index contributed by atoms with van der Waals surface area (Å²) in [7, 11) is 0. The fourth-order valence-corrected chi connectivity index (χ4v) is 1.30. The number of rotatable bonds is 2. The van der Waals surface area contributed by atoms with Gasteiger partial charge in [0.05, 0.1) is 6.61 Å². The Hall–Kier alpha value is -0.570. The molecule has 0 bridgehead atoms. The summed E-state index contributed by atoms with van der Waals surface area (Å²) in [6.45, 7) is 4.14. The van der Waals surface area contributed by atoms with Crippen LogP contribution in [0, 0.1) is 5.92 Å². The van der Waals surface area contributed by atoms with Crippen molar-refractivity contribution in [2.75, 3.05) is 19.7 Å². The van der Waals surface area contributed by atoms with Crippen LogP contribution in [-0.2, 0) is 9.53 Å². The zero-order chi connectivity index (χ0) is 8.10. The summed E-state index contributed by atoms with van der Waals surface area (Å²) in [5.74, 6) is 0.364. The van der Waals surface area contributed by atoms with Crippen LogP contribution in [0.1, 0.15) is 19.8 Å². The number of hydrogen-bond donors (Lipinski definition) is 1. The van der Waals surface area contributed by atoms with Gasteiger partial charge in [0.2, 0.25) is 0 Å². The minimum atomic E-state index is -0.171. The summed E-state index contributed by atoms with van der Waals surface area (Å²) >= 11 is 0. The average Bonchev–Trinajstić information content (AvgIpc) is 2.03. The van der Waals surface area contributed by atoms with Crippen LogP contribution < -0.4 is 5.32 Å². The first kappa shape index (κ1) is 8.53. The molecule has 1 fully saturated rings. The van der Waals surface area contributed by atoms with Gasteiger partial charge in [0, 0.05) is 19.4 Å². The van der Waals surface area contributed by atoms with Crippen molar-refractivity contribution in [1.82, 2.24) is 5.32 Å². The molecule has 0 amide bonds. The van der Waals surface area contributed by atoms with Gasteiger partial charge in [0.25, 0.3) is 0 Å². The molecule has 64 valence electrons. The van der Waals surface area contributed by atoms with Crippen molar-refractivity contribution in [3.8, 4) is 0 Å². The van der Waals surface area contributed by atoms with Gasteiger partial charge in [0.15, 0.2) is 0 Å². The predicted molar refractivity (Wildman–Crippen MR) is 42.2 cm³/mol. The van der Waals surface area contributed by atoms with Crippen molar-refractivity contribution in [3.63, 3.8) is 0 Å². The van der Waals surface area contributed by atoms with Gasteiger partial charge in [-0.3, -0.25) is 4.79 Å². The van der Waals surface area contributed by atoms with Crippen LogP contribution in [0.15, 0.2) is 0 Å². The van der Waals surface area contributed by atoms with E-state index in [9.17, 15) is 4.79 Å². The Morgan fingerprint density at radius 2 is 2.55 bits per heavy atom. The highest BCUT2D eigenvalue weighted by atomic mass is 16.5. The second-order valence-corrected chi connectivity index (χ2v) is 3.01. The van der Waals surface area contributed by atoms with E-state index in [0.29, 0.717) is 12.5 Å². The van der Waals surface area contributed by atoms with Crippen LogP contribution >= 0.6 is 0 Å². The molecule has 3 nitrogen and oxygen atoms in total. The van der Waals surface area contributed by atoms with E-state index in [-0.39, 0.29) is 5.97 Å². The third kappa shape index (κ3) is 3.37. The normalized spacial score (nSPS) is 24.6. The summed E-state index contributed by atoms with van der Waals surface area (Å²) in [4.78, 5) is 10.4. The van der Waals surface area contributed by atoms with Crippen LogP contribution in [0.3, 0.4) is 0 Å². The summed E-state index contributed by atoms with van der Waals surface area (Å²) in [5, 5.41) is 3.27. The van der Waals surface area contributed by atoms with E-state index >= 15 is 0 Å². The summed E-state index contributed by atoms with van der Waals surface area (Å²) in [6.07, 6.45) is 2.38. The lowest BCUT2D eigenvalue weighted by atomic mass is 10.0. The third-order valence-corrected chi connectivity index (χ3v) is 1.92. The molecule has 0 aromatic heterocycles. The second-order valence-electron chi connectivity index (χ2n) is 3.01. The molecule has 1 saturated heterocycles. The van der Waals surface area contributed by atoms with Crippen LogP contribution in [0.25, 0.3) is 0 Å². The minimum absolute atomic E-state index is 0.171. The number of esters is 1. The largest absolute Gasteiger partial charge is 0.466 e. The second kappa shape index (κ2) is 4.34. The molecule has 1 N–H and O–H groups in total. The van der Waals surface area contributed by atoms with Crippen LogP contribution in [0.2, 0.25) is 0 Å². The molecule has 0 unspecified atom stereocenters. The number of nitrogens with one attached hydrogen (secondary N) is 1. The fourth-order valence-electron chi connectivity index (χ4n) is 1.30. The molecule has 0 aliphatic carbocycles. The maximum Gasteiger partial charge on any atom is 0.302 e. The molecule has 1 rings (SSSR count). The first-order valence-corrected chi connectivity index (χ1v) is 4.13. The number of hydrogen-bond acceptors (Lipinski definition) is 3. The molecular weight excluding hydrogens is 142 g/mol. The molecule has 3 heteroatoms. The zero-order valence-corrected chi connectivity index (χ0v) is 6.93. The van der Waals surface area contributed by atoms with E-state index in [2.05, 4.69) is 5.32 Å². The molecule has 0 spiro atoms. The molecule has 1 heterocycles. The monoisotopic (exact) mass is 157 g/mol. The molecular formula is C8H15NO2. The van der Waals surface area contributed by atoms with E-state index in [1.54, 1.807) is 0 Å². The lowest BCUT2D eigenvalue weighted by molar-refractivity contribution is -0.142. The standard InChI is InChI=1S/C8H15NO2/c1-7(10)11-6-8-3-2-4-9-5-8/h8-9H,2-6H2,1H3/t8-/m1/s1. The number of piperidine rings is 1. The van der Waals surface area contributed by atoms with Crippen molar-refractivity contribution in [3.05, 3.63) is 0 Å². The molecule has 0 aromatic carbocycles. The van der Waals surface area contributed by atoms with Crippen molar-refractivity contribution in [2.24, 2.45) is 5.92 Å². The molecule has 0 aromatic rings. The van der Waals surface area contributed by atoms with Crippen LogP contribution in [0.5, 0.6) is 0 Å². The molecule has 11 heavy (non-hydrogen) atoms. The molecule has 0 saturated carbocycles. The topological polar surface area (TPSA) is 38.3 Å². The maximum absolute atomic E-state index is 10.4. The quantitative estimate of drug-likeness (QED) is 0.595. The summed E-state index contributed by atoms with van der Waals surface area (Å²) in [6, 6.07) is 0. The Balaban J connectivity index is 2.09. The van der Waals surface area contributed by atoms with Crippen molar-refractivity contribution >= 4 is 5.97 Å². The minimum Gasteiger partial charge on any atom is -0.466 e. The SMILES string of the molecule is CC(=O)OC[C@@H]1CCCNC1. The lowest BCUT2D eigenvalue weighted by Crippen LogP contribution is -2.32. The summed E-state index contributed by atoms with van der Waals surface area (Å²) < 4.78 is 4.90. The van der Waals surface area contributed by atoms with Crippen molar-refractivity contribution in [2.45, 2.75) is 19.8 Å². The summed E-state index contributed by atoms with van der Waals surface area (Å²) in [5.41, 5.74) is 0. The average molecular weight is 157 g/mol. The predicted octanol–water partition coefficient (Wildman–Crippen LogP) is 0.549. The van der Waals surface area contributed by atoms with Crippen LogP contribution in [-0.4, -0.2) is 25.7 Å². The Kier molecular flexibility index (Phi) is 3.36. The maximum atomic E-state index is 10.4. The molecule has 1 atom stereocenters. The van der Waals surface area contributed by atoms with Crippen molar-refractivity contribution in [1.29, 1.82) is 0 Å². The Labute approximate surface area is 67.1 Å². The zero-order valence-electron chi connectivity index (χ0n) is 6.93. The van der Waals surface area contributed by atoms with E-state index in [1.165, 1.54) is 19.8 Å². The first-order valence-electron chi connectivity index (χ1n) is 4.13. The highest BCUT2D eigenvalue weighted by Crippen LogP contribution is 2.09. The Morgan fingerprint density at radius 1 is 1.73 bits per heavy atom. The highest BCUT2D eigenvalue weighted by molar-refractivity contribution is 5.65. The van der Waals surface area contributed by atoms with Crippen molar-refractivity contribution < 1.29 is 9.53 Å². The Morgan fingerprint density at radius 3 is 3.09 bits per heavy atom. The number of carbonyl (C=O) groups excluding carboxylic acids is 1. The highest BCUT2D eigenvalue weighted by Gasteiger charge is 2.13. The molecule has 0 radical (unpaired) electrons. The van der Waals surface area contributed by atoms with Gasteiger partial charge in [-0.2, -0.15) is 0 Å². The molecule has 1 aliphatic rings. The number of ether oxygens (including phenoxy) is 1. The van der Waals surface area contributed by atoms with E-state index in [1.807, 2.05) is 0 Å². The third-order valence-electron chi connectivity index (χ3n) is 1.92. The van der Waals surface area contributed by atoms with E-state index in [0.717, 1.165) is 13.1 Å². The Bertz CT molecular complexity index is 130. The molecule has 1 aliphatic heterocycles. The van der Waals surface area contributed by atoms with E-state index in [4.69, 9.17) is 4.74 Å². The smallest absolute Gasteiger partial charge is 0.302 e. The van der Waals surface area contributed by atoms with E-state index < -0.39 is 0 Å². The van der Waals surface area contributed by atoms with Gasteiger partial charge < -0.3 is 10.1 Å². The number of carbonyl (C=O) groups is 1. The van der Waals surface area contributed by atoms with Gasteiger partial charge in [0.1, 0.15) is 0 Å². The van der Waals surface area contributed by atoms with Gasteiger partial charge in [-0.1, -0.05) is 0 Å². The van der Waals surface area contributed by atoms with Gasteiger partial charge in [-0.25, -0.2) is 0 Å². The van der Waals surface area contributed by atoms with Gasteiger partial charge >= 0.3 is 5.97 Å². The van der Waals surface area contributed by atoms with Crippen LogP contribution in [0.4, 0.5) is 0 Å².